The molecule has 170 valence electrons. The van der Waals surface area contributed by atoms with Crippen molar-refractivity contribution in [3.63, 3.8) is 0 Å². The predicted molar refractivity (Wildman–Crippen MR) is 123 cm³/mol. The zero-order valence-corrected chi connectivity index (χ0v) is 19.5. The molecule has 0 amide bonds. The van der Waals surface area contributed by atoms with Crippen LogP contribution in [0.4, 0.5) is 0 Å². The maximum Gasteiger partial charge on any atom is 0.213 e. The second kappa shape index (κ2) is 10.2. The Bertz CT molecular complexity index is 846. The standard InChI is InChI=1S/C24H36N4O3/c1-6-30-19-9-7-18(8-10-19)24(11-13-29-14-12-24)17-28-22(25-5)27-16-21-26-15-20(31-21)23(2,3)4/h7-10,15H,6,11-14,16-17H2,1-5H3,(H2,25,27,28). The van der Waals surface area contributed by atoms with Crippen LogP contribution < -0.4 is 15.4 Å². The van der Waals surface area contributed by atoms with E-state index in [1.54, 1.807) is 13.2 Å². The van der Waals surface area contributed by atoms with Gasteiger partial charge >= 0.3 is 0 Å². The Labute approximate surface area is 185 Å². The summed E-state index contributed by atoms with van der Waals surface area (Å²) in [5.41, 5.74) is 1.23. The van der Waals surface area contributed by atoms with Crippen molar-refractivity contribution in [2.75, 3.05) is 33.4 Å². The molecule has 0 bridgehead atoms. The van der Waals surface area contributed by atoms with Gasteiger partial charge in [0.05, 0.1) is 19.3 Å². The smallest absolute Gasteiger partial charge is 0.213 e. The van der Waals surface area contributed by atoms with Crippen molar-refractivity contribution in [2.24, 2.45) is 4.99 Å². The van der Waals surface area contributed by atoms with Gasteiger partial charge in [-0.1, -0.05) is 32.9 Å². The number of aliphatic imine (C=N–C) groups is 1. The predicted octanol–water partition coefficient (Wildman–Crippen LogP) is 3.78. The Hall–Kier alpha value is -2.54. The molecule has 1 saturated heterocycles. The van der Waals surface area contributed by atoms with Crippen LogP contribution in [-0.2, 0) is 22.1 Å². The summed E-state index contributed by atoms with van der Waals surface area (Å²) in [7, 11) is 1.78. The molecule has 0 aliphatic carbocycles. The second-order valence-electron chi connectivity index (χ2n) is 9.00. The highest BCUT2D eigenvalue weighted by atomic mass is 16.5. The van der Waals surface area contributed by atoms with E-state index >= 15 is 0 Å². The molecular weight excluding hydrogens is 392 g/mol. The third-order valence-corrected chi connectivity index (χ3v) is 5.75. The van der Waals surface area contributed by atoms with Crippen LogP contribution in [0.15, 0.2) is 39.9 Å². The molecule has 2 aromatic rings. The average molecular weight is 429 g/mol. The van der Waals surface area contributed by atoms with Gasteiger partial charge in [-0.15, -0.1) is 0 Å². The van der Waals surface area contributed by atoms with Gasteiger partial charge in [-0.05, 0) is 37.5 Å². The first kappa shape index (κ1) is 23.1. The van der Waals surface area contributed by atoms with E-state index in [-0.39, 0.29) is 10.8 Å². The molecule has 2 N–H and O–H groups in total. The second-order valence-corrected chi connectivity index (χ2v) is 9.00. The fourth-order valence-electron chi connectivity index (χ4n) is 3.77. The molecule has 31 heavy (non-hydrogen) atoms. The highest BCUT2D eigenvalue weighted by Crippen LogP contribution is 2.35. The largest absolute Gasteiger partial charge is 0.494 e. The van der Waals surface area contributed by atoms with Crippen molar-refractivity contribution in [3.05, 3.63) is 47.7 Å². The van der Waals surface area contributed by atoms with E-state index in [0.29, 0.717) is 19.0 Å². The molecule has 7 nitrogen and oxygen atoms in total. The van der Waals surface area contributed by atoms with Crippen LogP contribution in [0.25, 0.3) is 0 Å². The number of guanidine groups is 1. The lowest BCUT2D eigenvalue weighted by atomic mass is 9.74. The first-order valence-electron chi connectivity index (χ1n) is 11.1. The summed E-state index contributed by atoms with van der Waals surface area (Å²) in [6, 6.07) is 8.46. The molecular formula is C24H36N4O3. The minimum Gasteiger partial charge on any atom is -0.494 e. The summed E-state index contributed by atoms with van der Waals surface area (Å²) in [5.74, 6) is 3.16. The molecule has 0 saturated carbocycles. The van der Waals surface area contributed by atoms with E-state index in [9.17, 15) is 0 Å². The Balaban J connectivity index is 1.64. The number of rotatable bonds is 7. The Morgan fingerprint density at radius 1 is 1.16 bits per heavy atom. The molecule has 0 atom stereocenters. The summed E-state index contributed by atoms with van der Waals surface area (Å²) in [6.45, 7) is 11.8. The monoisotopic (exact) mass is 428 g/mol. The lowest BCUT2D eigenvalue weighted by molar-refractivity contribution is 0.0513. The lowest BCUT2D eigenvalue weighted by Crippen LogP contribution is -2.47. The summed E-state index contributed by atoms with van der Waals surface area (Å²) < 4.78 is 17.1. The SMILES string of the molecule is CCOc1ccc(C2(CNC(=NC)NCc3ncc(C(C)(C)C)o3)CCOCC2)cc1. The maximum absolute atomic E-state index is 5.87. The van der Waals surface area contributed by atoms with Crippen LogP contribution in [-0.4, -0.2) is 44.4 Å². The van der Waals surface area contributed by atoms with Crippen molar-refractivity contribution >= 4 is 5.96 Å². The molecule has 2 heterocycles. The van der Waals surface area contributed by atoms with Crippen LogP contribution in [0, 0.1) is 0 Å². The number of oxazole rings is 1. The van der Waals surface area contributed by atoms with E-state index < -0.39 is 0 Å². The minimum absolute atomic E-state index is 0.0110. The quantitative estimate of drug-likeness (QED) is 0.516. The third-order valence-electron chi connectivity index (χ3n) is 5.75. The minimum atomic E-state index is -0.0572. The van der Waals surface area contributed by atoms with Gasteiger partial charge in [0.25, 0.3) is 0 Å². The van der Waals surface area contributed by atoms with Gasteiger partial charge in [-0.2, -0.15) is 0 Å². The van der Waals surface area contributed by atoms with Gasteiger partial charge in [0.15, 0.2) is 5.96 Å². The number of nitrogens with zero attached hydrogens (tertiary/aromatic N) is 2. The molecule has 0 radical (unpaired) electrons. The molecule has 1 fully saturated rings. The number of nitrogens with one attached hydrogen (secondary N) is 2. The normalized spacial score (nSPS) is 16.7. The molecule has 1 aromatic carbocycles. The van der Waals surface area contributed by atoms with Crippen LogP contribution >= 0.6 is 0 Å². The van der Waals surface area contributed by atoms with E-state index in [0.717, 1.165) is 50.1 Å². The Morgan fingerprint density at radius 2 is 1.87 bits per heavy atom. The topological polar surface area (TPSA) is 80.9 Å². The number of aromatic nitrogens is 1. The van der Waals surface area contributed by atoms with Gasteiger partial charge in [-0.3, -0.25) is 4.99 Å². The third kappa shape index (κ3) is 6.00. The van der Waals surface area contributed by atoms with E-state index in [1.165, 1.54) is 5.56 Å². The van der Waals surface area contributed by atoms with Crippen molar-refractivity contribution in [2.45, 2.75) is 57.9 Å². The van der Waals surface area contributed by atoms with Gasteiger partial charge in [0, 0.05) is 37.6 Å². The molecule has 3 rings (SSSR count). The number of hydrogen-bond acceptors (Lipinski definition) is 5. The van der Waals surface area contributed by atoms with Crippen molar-refractivity contribution in [1.29, 1.82) is 0 Å². The molecule has 0 spiro atoms. The van der Waals surface area contributed by atoms with Gasteiger partial charge in [0.1, 0.15) is 11.5 Å². The van der Waals surface area contributed by atoms with Crippen molar-refractivity contribution < 1.29 is 13.9 Å². The summed E-state index contributed by atoms with van der Waals surface area (Å²) in [6.07, 6.45) is 3.72. The fourth-order valence-corrected chi connectivity index (χ4v) is 3.77. The molecule has 1 aliphatic rings. The average Bonchev–Trinajstić information content (AvgIpc) is 3.25. The zero-order valence-electron chi connectivity index (χ0n) is 19.5. The maximum atomic E-state index is 5.87. The lowest BCUT2D eigenvalue weighted by Gasteiger charge is -2.38. The number of hydrogen-bond donors (Lipinski definition) is 2. The Morgan fingerprint density at radius 3 is 2.45 bits per heavy atom. The van der Waals surface area contributed by atoms with E-state index in [4.69, 9.17) is 13.9 Å². The molecule has 7 heteroatoms. The summed E-state index contributed by atoms with van der Waals surface area (Å²) >= 11 is 0. The van der Waals surface area contributed by atoms with Crippen LogP contribution in [0.2, 0.25) is 0 Å². The van der Waals surface area contributed by atoms with Gasteiger partial charge in [-0.25, -0.2) is 4.98 Å². The highest BCUT2D eigenvalue weighted by molar-refractivity contribution is 5.79. The number of ether oxygens (including phenoxy) is 2. The van der Waals surface area contributed by atoms with Crippen molar-refractivity contribution in [3.8, 4) is 5.75 Å². The number of benzene rings is 1. The molecule has 1 aliphatic heterocycles. The van der Waals surface area contributed by atoms with Crippen molar-refractivity contribution in [1.82, 2.24) is 15.6 Å². The van der Waals surface area contributed by atoms with Gasteiger partial charge < -0.3 is 24.5 Å². The van der Waals surface area contributed by atoms with E-state index in [1.807, 2.05) is 6.92 Å². The fraction of sp³-hybridized carbons (Fsp3) is 0.583. The molecule has 1 aromatic heterocycles. The summed E-state index contributed by atoms with van der Waals surface area (Å²) in [4.78, 5) is 8.76. The van der Waals surface area contributed by atoms with Gasteiger partial charge in [0.2, 0.25) is 5.89 Å². The molecule has 0 unspecified atom stereocenters. The van der Waals surface area contributed by atoms with Crippen LogP contribution in [0.3, 0.4) is 0 Å². The summed E-state index contributed by atoms with van der Waals surface area (Å²) in [5, 5.41) is 6.82. The highest BCUT2D eigenvalue weighted by Gasteiger charge is 2.34. The zero-order chi connectivity index (χ0) is 22.3. The first-order chi connectivity index (χ1) is 14.9. The van der Waals surface area contributed by atoms with Crippen LogP contribution in [0.5, 0.6) is 5.75 Å². The Kier molecular flexibility index (Phi) is 7.59. The van der Waals surface area contributed by atoms with Crippen LogP contribution in [0.1, 0.15) is 57.8 Å². The van der Waals surface area contributed by atoms with E-state index in [2.05, 4.69) is 65.6 Å². The first-order valence-corrected chi connectivity index (χ1v) is 11.1.